The maximum Gasteiger partial charge on any atom is 0.0586 e. The molecule has 0 unspecified atom stereocenters. The van der Waals surface area contributed by atoms with Gasteiger partial charge in [-0.2, -0.15) is 0 Å². The number of aromatic nitrogens is 1. The first-order valence-electron chi connectivity index (χ1n) is 7.28. The van der Waals surface area contributed by atoms with Crippen LogP contribution in [-0.2, 0) is 4.74 Å². The molecule has 0 atom stereocenters. The highest BCUT2D eigenvalue weighted by atomic mass is 16.5. The quantitative estimate of drug-likeness (QED) is 0.901. The molecule has 22 heavy (non-hydrogen) atoms. The van der Waals surface area contributed by atoms with Gasteiger partial charge in [-0.15, -0.1) is 0 Å². The lowest BCUT2D eigenvalue weighted by Crippen LogP contribution is -2.29. The van der Waals surface area contributed by atoms with Gasteiger partial charge >= 0.3 is 0 Å². The highest BCUT2D eigenvalue weighted by Crippen LogP contribution is 2.29. The molecule has 1 aromatic carbocycles. The number of hydrazine groups is 1. The molecule has 1 aliphatic heterocycles. The van der Waals surface area contributed by atoms with Crippen LogP contribution < -0.4 is 0 Å². The van der Waals surface area contributed by atoms with Crippen molar-refractivity contribution in [3.63, 3.8) is 0 Å². The molecule has 0 aliphatic carbocycles. The van der Waals surface area contributed by atoms with E-state index in [-0.39, 0.29) is 8.85 Å². The molecule has 0 saturated heterocycles. The molecule has 1 aliphatic rings. The normalized spacial score (nSPS) is 14.6. The molecule has 0 saturated carbocycles. The van der Waals surface area contributed by atoms with Crippen LogP contribution in [-0.4, -0.2) is 48.9 Å². The number of hydrogen-bond donors (Lipinski definition) is 1. The molecule has 4 heteroatoms. The molecule has 0 spiro atoms. The standard InChI is InChI=1S/C13H15N3.C4H10O.CH4.H2/c1-15-8-7-13(16(15)2)11-9-14-12-6-4-3-5-10(11)12;1-4(2)5-3;;/h3-7,9,14H,8H2,1-2H3;4H,1-3H3;1H4;1H. The number of nitrogens with one attached hydrogen (secondary N) is 1. The minimum absolute atomic E-state index is 0. The minimum Gasteiger partial charge on any atom is -0.382 e. The van der Waals surface area contributed by atoms with Gasteiger partial charge in [-0.1, -0.05) is 25.6 Å². The van der Waals surface area contributed by atoms with Crippen molar-refractivity contribution in [2.24, 2.45) is 0 Å². The van der Waals surface area contributed by atoms with E-state index in [0.29, 0.717) is 6.10 Å². The number of hydrogen-bond acceptors (Lipinski definition) is 3. The second-order valence-corrected chi connectivity index (χ2v) is 5.49. The van der Waals surface area contributed by atoms with Gasteiger partial charge < -0.3 is 14.7 Å². The number of fused-ring (bicyclic) bond motifs is 1. The van der Waals surface area contributed by atoms with E-state index >= 15 is 0 Å². The fourth-order valence-corrected chi connectivity index (χ4v) is 2.22. The Morgan fingerprint density at radius 1 is 1.23 bits per heavy atom. The fourth-order valence-electron chi connectivity index (χ4n) is 2.22. The Labute approximate surface area is 135 Å². The van der Waals surface area contributed by atoms with Crippen molar-refractivity contribution in [3.8, 4) is 0 Å². The Morgan fingerprint density at radius 2 is 1.86 bits per heavy atom. The van der Waals surface area contributed by atoms with Crippen molar-refractivity contribution in [3.05, 3.63) is 42.1 Å². The zero-order valence-corrected chi connectivity index (χ0v) is 13.6. The summed E-state index contributed by atoms with van der Waals surface area (Å²) in [5.74, 6) is 0. The number of nitrogens with zero attached hydrogens (tertiary/aromatic N) is 2. The van der Waals surface area contributed by atoms with Gasteiger partial charge in [0.15, 0.2) is 0 Å². The topological polar surface area (TPSA) is 31.5 Å². The maximum absolute atomic E-state index is 4.75. The monoisotopic (exact) mass is 305 g/mol. The van der Waals surface area contributed by atoms with Gasteiger partial charge in [0.1, 0.15) is 0 Å². The van der Waals surface area contributed by atoms with Gasteiger partial charge in [0.05, 0.1) is 11.8 Å². The summed E-state index contributed by atoms with van der Waals surface area (Å²) < 4.78 is 4.75. The Morgan fingerprint density at radius 3 is 2.41 bits per heavy atom. The number of rotatable bonds is 2. The summed E-state index contributed by atoms with van der Waals surface area (Å²) in [6.45, 7) is 4.98. The van der Waals surface area contributed by atoms with Crippen LogP contribution in [0.1, 0.15) is 28.3 Å². The molecule has 4 nitrogen and oxygen atoms in total. The number of benzene rings is 1. The Hall–Kier alpha value is -1.78. The van der Waals surface area contributed by atoms with Crippen LogP contribution in [0.25, 0.3) is 16.6 Å². The average molecular weight is 305 g/mol. The molecular formula is C18H31N3O. The molecule has 1 N–H and O–H groups in total. The van der Waals surface area contributed by atoms with E-state index in [1.807, 2.05) is 13.8 Å². The molecular weight excluding hydrogens is 274 g/mol. The van der Waals surface area contributed by atoms with Crippen molar-refractivity contribution in [2.45, 2.75) is 27.4 Å². The first-order chi connectivity index (χ1) is 10.0. The highest BCUT2D eigenvalue weighted by molar-refractivity contribution is 5.92. The lowest BCUT2D eigenvalue weighted by Gasteiger charge is -2.24. The predicted molar refractivity (Wildman–Crippen MR) is 97.7 cm³/mol. The fraction of sp³-hybridized carbons (Fsp3) is 0.444. The van der Waals surface area contributed by atoms with Crippen molar-refractivity contribution < 1.29 is 6.16 Å². The molecule has 2 aromatic rings. The van der Waals surface area contributed by atoms with Crippen molar-refractivity contribution in [1.29, 1.82) is 0 Å². The molecule has 124 valence electrons. The van der Waals surface area contributed by atoms with Gasteiger partial charge in [-0.05, 0) is 26.0 Å². The molecule has 0 fully saturated rings. The van der Waals surface area contributed by atoms with Gasteiger partial charge in [0, 0.05) is 51.8 Å². The van der Waals surface area contributed by atoms with E-state index in [1.165, 1.54) is 22.2 Å². The summed E-state index contributed by atoms with van der Waals surface area (Å²) in [4.78, 5) is 3.31. The maximum atomic E-state index is 4.75. The molecule has 0 amide bonds. The number of aromatic amines is 1. The molecule has 0 radical (unpaired) electrons. The van der Waals surface area contributed by atoms with E-state index in [2.05, 4.69) is 65.6 Å². The van der Waals surface area contributed by atoms with E-state index in [9.17, 15) is 0 Å². The molecule has 1 aromatic heterocycles. The van der Waals surface area contributed by atoms with Crippen LogP contribution in [0.5, 0.6) is 0 Å². The van der Waals surface area contributed by atoms with Crippen LogP contribution in [0.2, 0.25) is 0 Å². The number of methoxy groups -OCH3 is 1. The SMILES string of the molecule is C.CN1CC=C(c2c[nH]c3ccccc23)N1C.COC(C)C.[HH]. The van der Waals surface area contributed by atoms with Crippen molar-refractivity contribution >= 4 is 16.6 Å². The third-order valence-electron chi connectivity index (χ3n) is 3.75. The number of likely N-dealkylation sites (N-methyl/N-ethyl adjacent to an activating group) is 1. The van der Waals surface area contributed by atoms with E-state index in [4.69, 9.17) is 4.74 Å². The zero-order valence-electron chi connectivity index (χ0n) is 13.6. The van der Waals surface area contributed by atoms with E-state index in [0.717, 1.165) is 6.54 Å². The number of ether oxygens (including phenoxy) is 1. The van der Waals surface area contributed by atoms with Crippen LogP contribution in [0.15, 0.2) is 36.5 Å². The van der Waals surface area contributed by atoms with Crippen LogP contribution in [0, 0.1) is 0 Å². The van der Waals surface area contributed by atoms with Crippen molar-refractivity contribution in [2.75, 3.05) is 27.7 Å². The average Bonchev–Trinajstić information content (AvgIpc) is 3.04. The number of para-hydroxylation sites is 1. The minimum atomic E-state index is 0. The van der Waals surface area contributed by atoms with Gasteiger partial charge in [0.2, 0.25) is 0 Å². The largest absolute Gasteiger partial charge is 0.382 e. The Bertz CT molecular complexity index is 622. The number of H-pyrrole nitrogens is 1. The summed E-state index contributed by atoms with van der Waals surface area (Å²) in [7, 11) is 5.89. The third-order valence-corrected chi connectivity index (χ3v) is 3.75. The van der Waals surface area contributed by atoms with Crippen LogP contribution >= 0.6 is 0 Å². The smallest absolute Gasteiger partial charge is 0.0586 e. The summed E-state index contributed by atoms with van der Waals surface area (Å²) in [6.07, 6.45) is 4.73. The lowest BCUT2D eigenvalue weighted by atomic mass is 10.1. The van der Waals surface area contributed by atoms with E-state index in [1.54, 1.807) is 7.11 Å². The van der Waals surface area contributed by atoms with Crippen molar-refractivity contribution in [1.82, 2.24) is 15.0 Å². The van der Waals surface area contributed by atoms with Gasteiger partial charge in [0.25, 0.3) is 0 Å². The van der Waals surface area contributed by atoms with Gasteiger partial charge in [-0.25, -0.2) is 5.01 Å². The Kier molecular flexibility index (Phi) is 6.65. The zero-order chi connectivity index (χ0) is 15.4. The second kappa shape index (κ2) is 8.01. The Balaban J connectivity index is 0.000000615. The lowest BCUT2D eigenvalue weighted by molar-refractivity contribution is 0.128. The van der Waals surface area contributed by atoms with E-state index < -0.39 is 0 Å². The predicted octanol–water partition coefficient (Wildman–Crippen LogP) is 4.22. The summed E-state index contributed by atoms with van der Waals surface area (Å²) in [5.41, 5.74) is 3.75. The van der Waals surface area contributed by atoms with Crippen LogP contribution in [0.3, 0.4) is 0 Å². The summed E-state index contributed by atoms with van der Waals surface area (Å²) >= 11 is 0. The van der Waals surface area contributed by atoms with Crippen LogP contribution in [0.4, 0.5) is 0 Å². The summed E-state index contributed by atoms with van der Waals surface area (Å²) in [5, 5.41) is 5.67. The van der Waals surface area contributed by atoms with Gasteiger partial charge in [-0.3, -0.25) is 0 Å². The molecule has 2 heterocycles. The molecule has 0 bridgehead atoms. The third kappa shape index (κ3) is 3.90. The first kappa shape index (κ1) is 18.3. The second-order valence-electron chi connectivity index (χ2n) is 5.49. The first-order valence-corrected chi connectivity index (χ1v) is 7.28. The highest BCUT2D eigenvalue weighted by Gasteiger charge is 2.19. The molecule has 3 rings (SSSR count). The summed E-state index contributed by atoms with van der Waals surface area (Å²) in [6, 6.07) is 8.41.